The molecular weight excluding hydrogens is 264 g/mol. The number of benzene rings is 2. The first-order valence-corrected chi connectivity index (χ1v) is 8.92. The molecule has 3 rings (SSSR count). The number of hydrogen-bond donors (Lipinski definition) is 0. The molecule has 0 radical (unpaired) electrons. The molecule has 2 aromatic carbocycles. The van der Waals surface area contributed by atoms with Gasteiger partial charge in [0, 0.05) is 0 Å². The maximum atomic E-state index is 2.38. The van der Waals surface area contributed by atoms with Crippen LogP contribution in [0.15, 0.2) is 48.5 Å². The highest BCUT2D eigenvalue weighted by Crippen LogP contribution is 2.41. The lowest BCUT2D eigenvalue weighted by atomic mass is 9.75. The van der Waals surface area contributed by atoms with Gasteiger partial charge in [0.15, 0.2) is 0 Å². The molecule has 22 heavy (non-hydrogen) atoms. The molecule has 0 heteroatoms. The van der Waals surface area contributed by atoms with Crippen LogP contribution in [0.1, 0.15) is 73.1 Å². The highest BCUT2D eigenvalue weighted by molar-refractivity contribution is 5.31. The zero-order valence-corrected chi connectivity index (χ0v) is 14.0. The molecule has 0 aromatic heterocycles. The topological polar surface area (TPSA) is 0 Å². The van der Waals surface area contributed by atoms with E-state index in [0.717, 1.165) is 11.8 Å². The van der Waals surface area contributed by atoms with Gasteiger partial charge >= 0.3 is 0 Å². The minimum atomic E-state index is 0.774. The molecule has 1 saturated carbocycles. The van der Waals surface area contributed by atoms with Crippen LogP contribution in [-0.2, 0) is 6.42 Å². The van der Waals surface area contributed by atoms with Crippen molar-refractivity contribution < 1.29 is 0 Å². The van der Waals surface area contributed by atoms with Crippen LogP contribution in [0.3, 0.4) is 0 Å². The van der Waals surface area contributed by atoms with E-state index in [2.05, 4.69) is 62.4 Å². The smallest absolute Gasteiger partial charge is 0.0159 e. The molecule has 0 saturated heterocycles. The van der Waals surface area contributed by atoms with E-state index in [1.54, 1.807) is 11.1 Å². The van der Waals surface area contributed by atoms with Gasteiger partial charge < -0.3 is 0 Å². The van der Waals surface area contributed by atoms with Crippen LogP contribution in [0.5, 0.6) is 0 Å². The molecule has 2 aromatic rings. The van der Waals surface area contributed by atoms with Crippen LogP contribution in [0, 0.1) is 6.92 Å². The van der Waals surface area contributed by atoms with Crippen molar-refractivity contribution in [2.45, 2.75) is 64.2 Å². The van der Waals surface area contributed by atoms with E-state index in [1.165, 1.54) is 49.7 Å². The van der Waals surface area contributed by atoms with Gasteiger partial charge in [-0.05, 0) is 73.1 Å². The Kier molecular flexibility index (Phi) is 4.97. The average molecular weight is 292 g/mol. The van der Waals surface area contributed by atoms with Crippen molar-refractivity contribution >= 4 is 0 Å². The molecular formula is C22H28. The zero-order valence-electron chi connectivity index (χ0n) is 14.0. The summed E-state index contributed by atoms with van der Waals surface area (Å²) in [6, 6.07) is 18.4. The van der Waals surface area contributed by atoms with Crippen molar-refractivity contribution in [1.82, 2.24) is 0 Å². The summed E-state index contributed by atoms with van der Waals surface area (Å²) in [5, 5.41) is 0. The van der Waals surface area contributed by atoms with Gasteiger partial charge in [-0.2, -0.15) is 0 Å². The van der Waals surface area contributed by atoms with Crippen LogP contribution < -0.4 is 0 Å². The Bertz CT molecular complexity index is 586. The maximum Gasteiger partial charge on any atom is -0.0159 e. The summed E-state index contributed by atoms with van der Waals surface area (Å²) in [7, 11) is 0. The molecule has 0 heterocycles. The SMILES string of the molecule is CCCc1ccc(C2CCC(c3ccccc3C)CC2)cc1. The van der Waals surface area contributed by atoms with Gasteiger partial charge in [-0.25, -0.2) is 0 Å². The third kappa shape index (κ3) is 3.43. The first-order valence-electron chi connectivity index (χ1n) is 8.92. The quantitative estimate of drug-likeness (QED) is 0.612. The number of aryl methyl sites for hydroxylation is 2. The lowest BCUT2D eigenvalue weighted by Gasteiger charge is -2.30. The molecule has 0 N–H and O–H groups in total. The summed E-state index contributed by atoms with van der Waals surface area (Å²) >= 11 is 0. The molecule has 0 spiro atoms. The second-order valence-corrected chi connectivity index (χ2v) is 6.90. The fraction of sp³-hybridized carbons (Fsp3) is 0.455. The molecule has 1 aliphatic carbocycles. The van der Waals surface area contributed by atoms with Gasteiger partial charge in [0.1, 0.15) is 0 Å². The highest BCUT2D eigenvalue weighted by atomic mass is 14.3. The van der Waals surface area contributed by atoms with E-state index >= 15 is 0 Å². The second kappa shape index (κ2) is 7.13. The zero-order chi connectivity index (χ0) is 15.4. The molecule has 0 atom stereocenters. The molecule has 1 aliphatic rings. The summed E-state index contributed by atoms with van der Waals surface area (Å²) in [6.45, 7) is 4.51. The van der Waals surface area contributed by atoms with Crippen LogP contribution in [0.4, 0.5) is 0 Å². The number of rotatable bonds is 4. The van der Waals surface area contributed by atoms with Crippen molar-refractivity contribution in [3.63, 3.8) is 0 Å². The molecule has 1 fully saturated rings. The molecule has 0 nitrogen and oxygen atoms in total. The normalized spacial score (nSPS) is 21.7. The summed E-state index contributed by atoms with van der Waals surface area (Å²) in [4.78, 5) is 0. The average Bonchev–Trinajstić information content (AvgIpc) is 2.57. The first-order chi connectivity index (χ1) is 10.8. The Hall–Kier alpha value is -1.56. The second-order valence-electron chi connectivity index (χ2n) is 6.90. The lowest BCUT2D eigenvalue weighted by Crippen LogP contribution is -2.13. The predicted molar refractivity (Wildman–Crippen MR) is 95.6 cm³/mol. The van der Waals surface area contributed by atoms with Gasteiger partial charge in [-0.15, -0.1) is 0 Å². The van der Waals surface area contributed by atoms with Crippen molar-refractivity contribution in [3.8, 4) is 0 Å². The van der Waals surface area contributed by atoms with Gasteiger partial charge in [0.2, 0.25) is 0 Å². The third-order valence-electron chi connectivity index (χ3n) is 5.35. The summed E-state index contributed by atoms with van der Waals surface area (Å²) in [5.74, 6) is 1.55. The minimum Gasteiger partial charge on any atom is -0.0651 e. The van der Waals surface area contributed by atoms with Crippen molar-refractivity contribution in [1.29, 1.82) is 0 Å². The van der Waals surface area contributed by atoms with Crippen LogP contribution in [-0.4, -0.2) is 0 Å². The summed E-state index contributed by atoms with van der Waals surface area (Å²) < 4.78 is 0. The Morgan fingerprint density at radius 2 is 1.45 bits per heavy atom. The standard InChI is InChI=1S/C22H28/c1-3-6-18-9-11-19(12-10-18)20-13-15-21(16-14-20)22-8-5-4-7-17(22)2/h4-5,7-12,20-21H,3,6,13-16H2,1-2H3. The first kappa shape index (κ1) is 15.3. The van der Waals surface area contributed by atoms with Crippen molar-refractivity contribution in [2.24, 2.45) is 0 Å². The number of hydrogen-bond acceptors (Lipinski definition) is 0. The maximum absolute atomic E-state index is 2.38. The van der Waals surface area contributed by atoms with Crippen molar-refractivity contribution in [3.05, 3.63) is 70.8 Å². The Labute approximate surface area is 135 Å². The molecule has 0 amide bonds. The minimum absolute atomic E-state index is 0.774. The van der Waals surface area contributed by atoms with Gasteiger partial charge in [-0.3, -0.25) is 0 Å². The Morgan fingerprint density at radius 1 is 0.818 bits per heavy atom. The lowest BCUT2D eigenvalue weighted by molar-refractivity contribution is 0.395. The van der Waals surface area contributed by atoms with Crippen LogP contribution >= 0.6 is 0 Å². The predicted octanol–water partition coefficient (Wildman–Crippen LogP) is 6.39. The monoisotopic (exact) mass is 292 g/mol. The van der Waals surface area contributed by atoms with Crippen LogP contribution in [0.2, 0.25) is 0 Å². The molecule has 0 unspecified atom stereocenters. The van der Waals surface area contributed by atoms with E-state index in [4.69, 9.17) is 0 Å². The van der Waals surface area contributed by atoms with E-state index < -0.39 is 0 Å². The van der Waals surface area contributed by atoms with E-state index in [0.29, 0.717) is 0 Å². The summed E-state index contributed by atoms with van der Waals surface area (Å²) in [6.07, 6.45) is 7.80. The van der Waals surface area contributed by atoms with Gasteiger partial charge in [0.25, 0.3) is 0 Å². The van der Waals surface area contributed by atoms with Crippen molar-refractivity contribution in [2.75, 3.05) is 0 Å². The third-order valence-corrected chi connectivity index (χ3v) is 5.35. The summed E-state index contributed by atoms with van der Waals surface area (Å²) in [5.41, 5.74) is 6.09. The Morgan fingerprint density at radius 3 is 2.09 bits per heavy atom. The molecule has 0 bridgehead atoms. The van der Waals surface area contributed by atoms with E-state index in [9.17, 15) is 0 Å². The Balaban J connectivity index is 1.63. The van der Waals surface area contributed by atoms with Gasteiger partial charge in [-0.1, -0.05) is 61.9 Å². The van der Waals surface area contributed by atoms with E-state index in [-0.39, 0.29) is 0 Å². The van der Waals surface area contributed by atoms with Crippen LogP contribution in [0.25, 0.3) is 0 Å². The largest absolute Gasteiger partial charge is 0.0651 e. The molecule has 116 valence electrons. The van der Waals surface area contributed by atoms with Gasteiger partial charge in [0.05, 0.1) is 0 Å². The molecule has 0 aliphatic heterocycles. The van der Waals surface area contributed by atoms with E-state index in [1.807, 2.05) is 0 Å². The fourth-order valence-electron chi connectivity index (χ4n) is 4.03. The highest BCUT2D eigenvalue weighted by Gasteiger charge is 2.24. The fourth-order valence-corrected chi connectivity index (χ4v) is 4.03.